The van der Waals surface area contributed by atoms with E-state index in [0.717, 1.165) is 64.2 Å². The monoisotopic (exact) mass is 831 g/mol. The van der Waals surface area contributed by atoms with Crippen molar-refractivity contribution in [3.63, 3.8) is 0 Å². The first kappa shape index (κ1) is 56.9. The molecule has 0 bridgehead atoms. The van der Waals surface area contributed by atoms with Crippen molar-refractivity contribution in [2.45, 2.75) is 284 Å². The van der Waals surface area contributed by atoms with Crippen LogP contribution < -0.4 is 0 Å². The number of esters is 3. The summed E-state index contributed by atoms with van der Waals surface area (Å²) in [6.07, 6.45) is 54.4. The molecule has 0 saturated heterocycles. The predicted molar refractivity (Wildman–Crippen MR) is 252 cm³/mol. The van der Waals surface area contributed by atoms with E-state index in [9.17, 15) is 14.4 Å². The van der Waals surface area contributed by atoms with Crippen LogP contribution in [0.4, 0.5) is 0 Å². The molecule has 0 aliphatic rings. The van der Waals surface area contributed by atoms with Crippen LogP contribution in [0.1, 0.15) is 278 Å². The van der Waals surface area contributed by atoms with Crippen molar-refractivity contribution in [2.75, 3.05) is 13.2 Å². The number of rotatable bonds is 47. The van der Waals surface area contributed by atoms with Crippen LogP contribution in [0, 0.1) is 0 Å². The normalized spacial score (nSPS) is 12.1. The second-order valence-electron chi connectivity index (χ2n) is 17.5. The van der Waals surface area contributed by atoms with Gasteiger partial charge in [-0.3, -0.25) is 14.4 Å². The van der Waals surface area contributed by atoms with Crippen LogP contribution >= 0.6 is 0 Å². The first-order valence-corrected chi connectivity index (χ1v) is 25.9. The number of ether oxygens (including phenoxy) is 3. The van der Waals surface area contributed by atoms with Crippen molar-refractivity contribution in [3.05, 3.63) is 24.3 Å². The number of carbonyl (C=O) groups excluding carboxylic acids is 3. The maximum absolute atomic E-state index is 12.8. The molecule has 6 heteroatoms. The van der Waals surface area contributed by atoms with Gasteiger partial charge in [-0.1, -0.05) is 238 Å². The molecule has 0 aromatic heterocycles. The SMILES string of the molecule is CCCCC/C=C\C=C/CCCCCCCCC(=O)OCC(COC(=O)CCCCCCCCCCCCCCC)OC(=O)CCCCCCCCCCCCCCC. The van der Waals surface area contributed by atoms with E-state index in [1.54, 1.807) is 0 Å². The topological polar surface area (TPSA) is 78.9 Å². The van der Waals surface area contributed by atoms with Crippen molar-refractivity contribution < 1.29 is 28.6 Å². The largest absolute Gasteiger partial charge is 0.462 e. The molecular formula is C53H98O6. The summed E-state index contributed by atoms with van der Waals surface area (Å²) in [7, 11) is 0. The van der Waals surface area contributed by atoms with E-state index < -0.39 is 6.10 Å². The summed E-state index contributed by atoms with van der Waals surface area (Å²) in [5.74, 6) is -0.868. The fourth-order valence-corrected chi connectivity index (χ4v) is 7.55. The van der Waals surface area contributed by atoms with E-state index in [1.807, 2.05) is 0 Å². The Labute approximate surface area is 366 Å². The smallest absolute Gasteiger partial charge is 0.306 e. The first-order valence-electron chi connectivity index (χ1n) is 25.9. The zero-order chi connectivity index (χ0) is 43.0. The van der Waals surface area contributed by atoms with E-state index in [0.29, 0.717) is 19.3 Å². The van der Waals surface area contributed by atoms with Crippen molar-refractivity contribution in [3.8, 4) is 0 Å². The summed E-state index contributed by atoms with van der Waals surface area (Å²) in [5, 5.41) is 0. The summed E-state index contributed by atoms with van der Waals surface area (Å²) >= 11 is 0. The fraction of sp³-hybridized carbons (Fsp3) is 0.868. The van der Waals surface area contributed by atoms with Gasteiger partial charge in [0.1, 0.15) is 13.2 Å². The Kier molecular flexibility index (Phi) is 46.8. The molecule has 0 saturated carbocycles. The number of hydrogen-bond donors (Lipinski definition) is 0. The molecular weight excluding hydrogens is 733 g/mol. The van der Waals surface area contributed by atoms with Crippen LogP contribution in [0.15, 0.2) is 24.3 Å². The Morgan fingerprint density at radius 3 is 0.932 bits per heavy atom. The van der Waals surface area contributed by atoms with Crippen LogP contribution in [-0.4, -0.2) is 37.2 Å². The molecule has 0 rings (SSSR count). The van der Waals surface area contributed by atoms with Gasteiger partial charge in [0, 0.05) is 19.3 Å². The van der Waals surface area contributed by atoms with Crippen molar-refractivity contribution in [1.29, 1.82) is 0 Å². The third-order valence-electron chi connectivity index (χ3n) is 11.5. The van der Waals surface area contributed by atoms with Crippen molar-refractivity contribution in [1.82, 2.24) is 0 Å². The maximum Gasteiger partial charge on any atom is 0.306 e. The standard InChI is InChI=1S/C53H98O6/c1-4-7-10-13-16-19-22-25-26-29-31-34-37-40-43-46-52(55)58-49-50(59-53(56)47-44-41-38-35-32-28-24-21-18-15-12-9-6-3)48-57-51(54)45-42-39-36-33-30-27-23-20-17-14-11-8-5-2/h16,19,22,25,50H,4-15,17-18,20-21,23-24,26-49H2,1-3H3/b19-16-,25-22-. The van der Waals surface area contributed by atoms with Gasteiger partial charge in [-0.05, 0) is 44.9 Å². The second-order valence-corrected chi connectivity index (χ2v) is 17.5. The molecule has 0 radical (unpaired) electrons. The fourth-order valence-electron chi connectivity index (χ4n) is 7.55. The van der Waals surface area contributed by atoms with Gasteiger partial charge in [-0.2, -0.15) is 0 Å². The van der Waals surface area contributed by atoms with Gasteiger partial charge >= 0.3 is 17.9 Å². The highest BCUT2D eigenvalue weighted by Crippen LogP contribution is 2.16. The minimum Gasteiger partial charge on any atom is -0.462 e. The van der Waals surface area contributed by atoms with Gasteiger partial charge in [0.05, 0.1) is 0 Å². The molecule has 0 aliphatic heterocycles. The lowest BCUT2D eigenvalue weighted by Crippen LogP contribution is -2.30. The summed E-state index contributed by atoms with van der Waals surface area (Å²) in [5.41, 5.74) is 0. The van der Waals surface area contributed by atoms with Crippen molar-refractivity contribution in [2.24, 2.45) is 0 Å². The van der Waals surface area contributed by atoms with E-state index in [1.165, 1.54) is 173 Å². The van der Waals surface area contributed by atoms with Gasteiger partial charge in [0.2, 0.25) is 0 Å². The van der Waals surface area contributed by atoms with Gasteiger partial charge < -0.3 is 14.2 Å². The van der Waals surface area contributed by atoms with Crippen LogP contribution in [-0.2, 0) is 28.6 Å². The maximum atomic E-state index is 12.8. The molecule has 0 aliphatic carbocycles. The Morgan fingerprint density at radius 1 is 0.339 bits per heavy atom. The minimum absolute atomic E-state index is 0.0701. The molecule has 0 amide bonds. The molecule has 0 spiro atoms. The quantitative estimate of drug-likeness (QED) is 0.0263. The van der Waals surface area contributed by atoms with E-state index in [4.69, 9.17) is 14.2 Å². The first-order chi connectivity index (χ1) is 29.0. The molecule has 0 aromatic rings. The third kappa shape index (κ3) is 46.8. The highest BCUT2D eigenvalue weighted by atomic mass is 16.6. The second kappa shape index (κ2) is 48.6. The van der Waals surface area contributed by atoms with E-state index in [2.05, 4.69) is 45.1 Å². The summed E-state index contributed by atoms with van der Waals surface area (Å²) < 4.78 is 16.8. The highest BCUT2D eigenvalue weighted by molar-refractivity contribution is 5.71. The Hall–Kier alpha value is -2.11. The third-order valence-corrected chi connectivity index (χ3v) is 11.5. The average molecular weight is 831 g/mol. The molecule has 0 heterocycles. The number of allylic oxidation sites excluding steroid dienone is 4. The van der Waals surface area contributed by atoms with Gasteiger partial charge in [0.25, 0.3) is 0 Å². The van der Waals surface area contributed by atoms with Crippen LogP contribution in [0.5, 0.6) is 0 Å². The molecule has 0 aromatic carbocycles. The van der Waals surface area contributed by atoms with Gasteiger partial charge in [-0.15, -0.1) is 0 Å². The van der Waals surface area contributed by atoms with Crippen LogP contribution in [0.2, 0.25) is 0 Å². The molecule has 1 unspecified atom stereocenters. The zero-order valence-corrected chi connectivity index (χ0v) is 39.5. The lowest BCUT2D eigenvalue weighted by atomic mass is 10.0. The number of carbonyl (C=O) groups is 3. The number of unbranched alkanes of at least 4 members (excludes halogenated alkanes) is 33. The highest BCUT2D eigenvalue weighted by Gasteiger charge is 2.19. The molecule has 1 atom stereocenters. The number of hydrogen-bond acceptors (Lipinski definition) is 6. The zero-order valence-electron chi connectivity index (χ0n) is 39.5. The summed E-state index contributed by atoms with van der Waals surface area (Å²) in [6, 6.07) is 0. The van der Waals surface area contributed by atoms with Crippen LogP contribution in [0.3, 0.4) is 0 Å². The lowest BCUT2D eigenvalue weighted by molar-refractivity contribution is -0.167. The Morgan fingerprint density at radius 2 is 0.593 bits per heavy atom. The average Bonchev–Trinajstić information content (AvgIpc) is 3.23. The lowest BCUT2D eigenvalue weighted by Gasteiger charge is -2.18. The predicted octanol–water partition coefficient (Wildman–Crippen LogP) is 16.8. The minimum atomic E-state index is -0.769. The van der Waals surface area contributed by atoms with Crippen molar-refractivity contribution >= 4 is 17.9 Å². The summed E-state index contributed by atoms with van der Waals surface area (Å²) in [4.78, 5) is 37.9. The molecule has 346 valence electrons. The molecule has 0 N–H and O–H groups in total. The summed E-state index contributed by atoms with van der Waals surface area (Å²) in [6.45, 7) is 6.62. The van der Waals surface area contributed by atoms with Crippen LogP contribution in [0.25, 0.3) is 0 Å². The van der Waals surface area contributed by atoms with Gasteiger partial charge in [-0.25, -0.2) is 0 Å². The van der Waals surface area contributed by atoms with Gasteiger partial charge in [0.15, 0.2) is 6.10 Å². The van der Waals surface area contributed by atoms with E-state index >= 15 is 0 Å². The molecule has 0 fully saturated rings. The Balaban J connectivity index is 4.35. The molecule has 6 nitrogen and oxygen atoms in total. The Bertz CT molecular complexity index is 958. The van der Waals surface area contributed by atoms with E-state index in [-0.39, 0.29) is 31.1 Å². The molecule has 59 heavy (non-hydrogen) atoms.